The van der Waals surface area contributed by atoms with Gasteiger partial charge in [-0.15, -0.1) is 10.2 Å². The van der Waals surface area contributed by atoms with Gasteiger partial charge in [0, 0.05) is 6.04 Å². The first-order valence-corrected chi connectivity index (χ1v) is 6.38. The number of rotatable bonds is 2. The summed E-state index contributed by atoms with van der Waals surface area (Å²) in [7, 11) is 0. The minimum Gasteiger partial charge on any atom is -0.319 e. The third kappa shape index (κ3) is 1.65. The maximum atomic E-state index is 6.56. The Labute approximate surface area is 96.2 Å². The minimum absolute atomic E-state index is 0.225. The van der Waals surface area contributed by atoms with E-state index in [2.05, 4.69) is 21.7 Å². The standard InChI is InChI=1S/C12H20N4/c1-9-3-2-6-12(13,7-9)11-15-14-8-16(11)10-4-5-10/h8-10H,2-7,13H2,1H3. The van der Waals surface area contributed by atoms with Crippen molar-refractivity contribution in [3.63, 3.8) is 0 Å². The Morgan fingerprint density at radius 2 is 2.25 bits per heavy atom. The van der Waals surface area contributed by atoms with Gasteiger partial charge in [-0.1, -0.05) is 19.8 Å². The molecule has 16 heavy (non-hydrogen) atoms. The molecule has 2 saturated carbocycles. The predicted molar refractivity (Wildman–Crippen MR) is 61.8 cm³/mol. The van der Waals surface area contributed by atoms with Gasteiger partial charge in [-0.2, -0.15) is 0 Å². The summed E-state index contributed by atoms with van der Waals surface area (Å²) in [6.07, 6.45) is 9.01. The van der Waals surface area contributed by atoms with E-state index in [4.69, 9.17) is 5.73 Å². The highest BCUT2D eigenvalue weighted by molar-refractivity contribution is 5.10. The van der Waals surface area contributed by atoms with Crippen LogP contribution in [0.15, 0.2) is 6.33 Å². The quantitative estimate of drug-likeness (QED) is 0.829. The van der Waals surface area contributed by atoms with Crippen LogP contribution in [0.5, 0.6) is 0 Å². The fourth-order valence-electron chi connectivity index (χ4n) is 3.01. The van der Waals surface area contributed by atoms with Gasteiger partial charge >= 0.3 is 0 Å². The lowest BCUT2D eigenvalue weighted by Crippen LogP contribution is -2.43. The first-order chi connectivity index (χ1) is 7.69. The zero-order valence-electron chi connectivity index (χ0n) is 9.89. The van der Waals surface area contributed by atoms with Crippen molar-refractivity contribution in [3.05, 3.63) is 12.2 Å². The van der Waals surface area contributed by atoms with E-state index >= 15 is 0 Å². The molecule has 0 bridgehead atoms. The molecule has 2 aliphatic rings. The predicted octanol–water partition coefficient (Wildman–Crippen LogP) is 1.98. The zero-order valence-corrected chi connectivity index (χ0v) is 9.89. The van der Waals surface area contributed by atoms with Crippen LogP contribution in [0.4, 0.5) is 0 Å². The third-order valence-corrected chi connectivity index (χ3v) is 3.99. The Hall–Kier alpha value is -0.900. The van der Waals surface area contributed by atoms with E-state index in [9.17, 15) is 0 Å². The average Bonchev–Trinajstić information content (AvgIpc) is 2.95. The van der Waals surface area contributed by atoms with Crippen LogP contribution in [0.2, 0.25) is 0 Å². The van der Waals surface area contributed by atoms with Crippen molar-refractivity contribution in [3.8, 4) is 0 Å². The number of nitrogens with zero attached hydrogens (tertiary/aromatic N) is 3. The van der Waals surface area contributed by atoms with Gasteiger partial charge in [0.1, 0.15) is 6.33 Å². The molecular weight excluding hydrogens is 200 g/mol. The van der Waals surface area contributed by atoms with Crippen molar-refractivity contribution in [1.29, 1.82) is 0 Å². The van der Waals surface area contributed by atoms with Crippen LogP contribution in [0.1, 0.15) is 57.3 Å². The summed E-state index contributed by atoms with van der Waals surface area (Å²) in [5, 5.41) is 8.36. The Kier molecular flexibility index (Phi) is 2.28. The lowest BCUT2D eigenvalue weighted by molar-refractivity contribution is 0.221. The van der Waals surface area contributed by atoms with Crippen molar-refractivity contribution >= 4 is 0 Å². The molecule has 0 saturated heterocycles. The SMILES string of the molecule is CC1CCCC(N)(c2nncn2C2CC2)C1. The van der Waals surface area contributed by atoms with Crippen LogP contribution in [-0.2, 0) is 5.54 Å². The van der Waals surface area contributed by atoms with E-state index in [1.165, 1.54) is 25.7 Å². The lowest BCUT2D eigenvalue weighted by Gasteiger charge is -2.36. The molecule has 0 aromatic carbocycles. The number of hydrogen-bond acceptors (Lipinski definition) is 3. The van der Waals surface area contributed by atoms with Gasteiger partial charge in [0.25, 0.3) is 0 Å². The highest BCUT2D eigenvalue weighted by Crippen LogP contribution is 2.41. The van der Waals surface area contributed by atoms with E-state index in [0.717, 1.165) is 18.7 Å². The summed E-state index contributed by atoms with van der Waals surface area (Å²) in [5.41, 5.74) is 6.33. The van der Waals surface area contributed by atoms with E-state index in [-0.39, 0.29) is 5.54 Å². The van der Waals surface area contributed by atoms with Crippen LogP contribution >= 0.6 is 0 Å². The molecule has 2 atom stereocenters. The summed E-state index contributed by atoms with van der Waals surface area (Å²) >= 11 is 0. The Bertz CT molecular complexity index is 382. The molecule has 88 valence electrons. The molecule has 0 amide bonds. The second-order valence-corrected chi connectivity index (χ2v) is 5.65. The average molecular weight is 220 g/mol. The highest BCUT2D eigenvalue weighted by atomic mass is 15.3. The van der Waals surface area contributed by atoms with Crippen molar-refractivity contribution in [2.24, 2.45) is 11.7 Å². The molecule has 0 aliphatic heterocycles. The third-order valence-electron chi connectivity index (χ3n) is 3.99. The second kappa shape index (κ2) is 3.55. The normalized spacial score (nSPS) is 35.2. The summed E-state index contributed by atoms with van der Waals surface area (Å²) in [4.78, 5) is 0. The molecule has 2 fully saturated rings. The Balaban J connectivity index is 1.91. The molecule has 1 aromatic heterocycles. The molecule has 4 heteroatoms. The van der Waals surface area contributed by atoms with Gasteiger partial charge in [0.2, 0.25) is 0 Å². The van der Waals surface area contributed by atoms with Crippen LogP contribution < -0.4 is 5.73 Å². The van der Waals surface area contributed by atoms with Gasteiger partial charge in [-0.3, -0.25) is 0 Å². The van der Waals surface area contributed by atoms with Crippen LogP contribution in [-0.4, -0.2) is 14.8 Å². The Morgan fingerprint density at radius 1 is 1.44 bits per heavy atom. The molecule has 1 heterocycles. The van der Waals surface area contributed by atoms with E-state index in [1.54, 1.807) is 0 Å². The fraction of sp³-hybridized carbons (Fsp3) is 0.833. The van der Waals surface area contributed by atoms with Crippen LogP contribution in [0.25, 0.3) is 0 Å². The maximum Gasteiger partial charge on any atom is 0.153 e. The molecule has 3 rings (SSSR count). The molecule has 2 N–H and O–H groups in total. The van der Waals surface area contributed by atoms with Gasteiger partial charge in [0.05, 0.1) is 5.54 Å². The van der Waals surface area contributed by atoms with E-state index in [1.807, 2.05) is 6.33 Å². The maximum absolute atomic E-state index is 6.56. The lowest BCUT2D eigenvalue weighted by atomic mass is 9.76. The van der Waals surface area contributed by atoms with Crippen LogP contribution in [0, 0.1) is 5.92 Å². The molecule has 1 aromatic rings. The summed E-state index contributed by atoms with van der Waals surface area (Å²) in [6, 6.07) is 0.627. The topological polar surface area (TPSA) is 56.7 Å². The Morgan fingerprint density at radius 3 is 2.94 bits per heavy atom. The first-order valence-electron chi connectivity index (χ1n) is 6.38. The van der Waals surface area contributed by atoms with Gasteiger partial charge < -0.3 is 10.3 Å². The van der Waals surface area contributed by atoms with Crippen molar-refractivity contribution < 1.29 is 0 Å². The molecule has 2 aliphatic carbocycles. The smallest absolute Gasteiger partial charge is 0.153 e. The van der Waals surface area contributed by atoms with Gasteiger partial charge in [0.15, 0.2) is 5.82 Å². The van der Waals surface area contributed by atoms with Crippen molar-refractivity contribution in [2.75, 3.05) is 0 Å². The molecule has 0 spiro atoms. The number of hydrogen-bond donors (Lipinski definition) is 1. The van der Waals surface area contributed by atoms with Gasteiger partial charge in [-0.05, 0) is 31.6 Å². The van der Waals surface area contributed by atoms with Gasteiger partial charge in [-0.25, -0.2) is 0 Å². The van der Waals surface area contributed by atoms with E-state index in [0.29, 0.717) is 12.0 Å². The highest BCUT2D eigenvalue weighted by Gasteiger charge is 2.39. The summed E-state index contributed by atoms with van der Waals surface area (Å²) < 4.78 is 2.22. The summed E-state index contributed by atoms with van der Waals surface area (Å²) in [6.45, 7) is 2.29. The van der Waals surface area contributed by atoms with Crippen LogP contribution in [0.3, 0.4) is 0 Å². The molecule has 2 unspecified atom stereocenters. The molecule has 0 radical (unpaired) electrons. The van der Waals surface area contributed by atoms with E-state index < -0.39 is 0 Å². The zero-order chi connectivity index (χ0) is 11.2. The van der Waals surface area contributed by atoms with Crippen molar-refractivity contribution in [2.45, 2.75) is 57.0 Å². The second-order valence-electron chi connectivity index (χ2n) is 5.65. The molecular formula is C12H20N4. The molecule has 4 nitrogen and oxygen atoms in total. The summed E-state index contributed by atoms with van der Waals surface area (Å²) in [5.74, 6) is 1.74. The monoisotopic (exact) mass is 220 g/mol. The largest absolute Gasteiger partial charge is 0.319 e. The number of nitrogens with two attached hydrogens (primary N) is 1. The number of aromatic nitrogens is 3. The van der Waals surface area contributed by atoms with Crippen molar-refractivity contribution in [1.82, 2.24) is 14.8 Å². The minimum atomic E-state index is -0.225. The fourth-order valence-corrected chi connectivity index (χ4v) is 3.01. The first kappa shape index (κ1) is 10.3.